The summed E-state index contributed by atoms with van der Waals surface area (Å²) < 4.78 is 37.5. The van der Waals surface area contributed by atoms with Crippen LogP contribution in [-0.2, 0) is 19.1 Å². The van der Waals surface area contributed by atoms with E-state index in [1.165, 1.54) is 6.20 Å². The Morgan fingerprint density at radius 3 is 2.11 bits per heavy atom. The highest BCUT2D eigenvalue weighted by Crippen LogP contribution is 2.38. The van der Waals surface area contributed by atoms with Crippen molar-refractivity contribution in [3.63, 3.8) is 0 Å². The molecule has 0 amide bonds. The van der Waals surface area contributed by atoms with Gasteiger partial charge in [0.15, 0.2) is 11.2 Å². The highest BCUT2D eigenvalue weighted by atomic mass is 19.1. The molecule has 1 aromatic carbocycles. The molecule has 3 aromatic rings. The molecule has 1 saturated heterocycles. The maximum atomic E-state index is 15.6. The van der Waals surface area contributed by atoms with E-state index >= 15 is 4.39 Å². The number of carbonyl (C=O) groups is 3. The Bertz CT molecular complexity index is 1690. The van der Waals surface area contributed by atoms with Gasteiger partial charge in [-0.25, -0.2) is 4.39 Å². The summed E-state index contributed by atoms with van der Waals surface area (Å²) in [7, 11) is 2.03. The molecule has 15 nitrogen and oxygen atoms in total. The van der Waals surface area contributed by atoms with E-state index in [-0.39, 0.29) is 23.1 Å². The molecule has 0 spiro atoms. The molecule has 1 saturated carbocycles. The topological polar surface area (TPSA) is 167 Å². The third-order valence-electron chi connectivity index (χ3n) is 7.55. The van der Waals surface area contributed by atoms with Crippen LogP contribution in [0.3, 0.4) is 0 Å². The Labute approximate surface area is 262 Å². The zero-order valence-corrected chi connectivity index (χ0v) is 25.9. The highest BCUT2D eigenvalue weighted by molar-refractivity contribution is 6.21. The largest absolute Gasteiger partial charge is 0.478 e. The number of hydrogen-bond donors (Lipinski definition) is 0. The summed E-state index contributed by atoms with van der Waals surface area (Å²) in [6.07, 6.45) is 2.90. The van der Waals surface area contributed by atoms with Gasteiger partial charge in [-0.2, -0.15) is 9.97 Å². The number of ether oxygens (including phenoxy) is 4. The molecule has 5 rings (SSSR count). The normalized spacial score (nSPS) is 15.0. The standard InChI is InChI=1S/C30H34FN7O8/c1-5-45-23-15-24(46-6-2)33-30(32-23)34-35-37-11-9-36(10-12-37)22-14-21-18(13-20(22)31)26(39)19(16-38(21)17-7-8-17)27(40)25(28(41)43-3)29(42)44-4/h13-17,25H,5-12H2,1-4H3/b35-34+. The van der Waals surface area contributed by atoms with E-state index in [1.807, 2.05) is 18.7 Å². The first-order chi connectivity index (χ1) is 22.2. The predicted octanol–water partition coefficient (Wildman–Crippen LogP) is 3.03. The number of halogens is 1. The van der Waals surface area contributed by atoms with Crippen molar-refractivity contribution in [2.24, 2.45) is 16.3 Å². The predicted molar refractivity (Wildman–Crippen MR) is 161 cm³/mol. The average Bonchev–Trinajstić information content (AvgIpc) is 3.90. The van der Waals surface area contributed by atoms with Crippen molar-refractivity contribution >= 4 is 40.3 Å². The minimum absolute atomic E-state index is 0.0355. The van der Waals surface area contributed by atoms with Gasteiger partial charge >= 0.3 is 11.9 Å². The zero-order valence-electron chi connectivity index (χ0n) is 25.9. The highest BCUT2D eigenvalue weighted by Gasteiger charge is 2.39. The lowest BCUT2D eigenvalue weighted by atomic mass is 9.96. The molecule has 2 fully saturated rings. The van der Waals surface area contributed by atoms with Crippen LogP contribution in [0.25, 0.3) is 10.9 Å². The molecular weight excluding hydrogens is 605 g/mol. The smallest absolute Gasteiger partial charge is 0.328 e. The van der Waals surface area contributed by atoms with Gasteiger partial charge in [-0.3, -0.25) is 24.2 Å². The molecule has 0 atom stereocenters. The maximum Gasteiger partial charge on any atom is 0.328 e. The minimum Gasteiger partial charge on any atom is -0.478 e. The Balaban J connectivity index is 1.39. The molecule has 1 aliphatic carbocycles. The van der Waals surface area contributed by atoms with Crippen LogP contribution in [-0.4, -0.2) is 90.9 Å². The van der Waals surface area contributed by atoms with Gasteiger partial charge in [0.1, 0.15) is 5.82 Å². The van der Waals surface area contributed by atoms with E-state index in [9.17, 15) is 19.2 Å². The summed E-state index contributed by atoms with van der Waals surface area (Å²) in [5.74, 6) is -5.30. The summed E-state index contributed by atoms with van der Waals surface area (Å²) >= 11 is 0. The number of Topliss-reactive ketones (excluding diaryl/α,β-unsaturated/α-hetero) is 1. The number of carbonyl (C=O) groups excluding carboxylic acids is 3. The first-order valence-corrected chi connectivity index (χ1v) is 14.8. The first-order valence-electron chi connectivity index (χ1n) is 14.8. The van der Waals surface area contributed by atoms with Crippen molar-refractivity contribution in [1.29, 1.82) is 0 Å². The number of anilines is 1. The maximum absolute atomic E-state index is 15.6. The number of ketones is 1. The average molecular weight is 640 g/mol. The van der Waals surface area contributed by atoms with E-state index in [0.29, 0.717) is 56.7 Å². The van der Waals surface area contributed by atoms with Crippen LogP contribution in [0.5, 0.6) is 11.8 Å². The van der Waals surface area contributed by atoms with Crippen LogP contribution in [0.4, 0.5) is 16.0 Å². The van der Waals surface area contributed by atoms with E-state index in [4.69, 9.17) is 9.47 Å². The molecule has 16 heteroatoms. The Kier molecular flexibility index (Phi) is 9.72. The number of aromatic nitrogens is 3. The van der Waals surface area contributed by atoms with Gasteiger partial charge in [0.25, 0.3) is 5.95 Å². The molecule has 0 radical (unpaired) electrons. The third kappa shape index (κ3) is 6.74. The Hall–Kier alpha value is -5.15. The lowest BCUT2D eigenvalue weighted by Gasteiger charge is -2.34. The van der Waals surface area contributed by atoms with Gasteiger partial charge in [0.2, 0.25) is 17.7 Å². The fourth-order valence-electron chi connectivity index (χ4n) is 5.14. The summed E-state index contributed by atoms with van der Waals surface area (Å²) in [5, 5.41) is 10.1. The van der Waals surface area contributed by atoms with Gasteiger partial charge in [-0.05, 0) is 38.8 Å². The quantitative estimate of drug-likeness (QED) is 0.123. The first kappa shape index (κ1) is 32.2. The van der Waals surface area contributed by atoms with Gasteiger partial charge in [-0.1, -0.05) is 10.3 Å². The molecule has 3 heterocycles. The van der Waals surface area contributed by atoms with Crippen LogP contribution in [0.2, 0.25) is 0 Å². The number of piperazine rings is 1. The number of fused-ring (bicyclic) bond motifs is 1. The SMILES string of the molecule is CCOc1cc(OCC)nc(/N=N/N2CCN(c3cc4c(cc3F)c(=O)c(C(=O)C(C(=O)OC)C(=O)OC)cn4C3CC3)CC2)n1. The van der Waals surface area contributed by atoms with Crippen molar-refractivity contribution < 1.29 is 37.7 Å². The molecule has 2 aliphatic rings. The second-order valence-corrected chi connectivity index (χ2v) is 10.5. The van der Waals surface area contributed by atoms with Gasteiger partial charge < -0.3 is 28.4 Å². The number of hydrogen-bond acceptors (Lipinski definition) is 13. The number of esters is 2. The van der Waals surface area contributed by atoms with Crippen molar-refractivity contribution in [1.82, 2.24) is 19.5 Å². The fraction of sp³-hybridized carbons (Fsp3) is 0.467. The summed E-state index contributed by atoms with van der Waals surface area (Å²) in [4.78, 5) is 61.6. The summed E-state index contributed by atoms with van der Waals surface area (Å²) in [6.45, 7) is 6.11. The second kappa shape index (κ2) is 13.9. The van der Waals surface area contributed by atoms with Crippen molar-refractivity contribution in [3.05, 3.63) is 46.0 Å². The minimum atomic E-state index is -1.97. The molecular formula is C30H34FN7O8. The molecule has 2 aromatic heterocycles. The molecule has 0 unspecified atom stereocenters. The molecule has 1 aliphatic heterocycles. The number of nitrogens with zero attached hydrogens (tertiary/aromatic N) is 7. The number of rotatable bonds is 12. The van der Waals surface area contributed by atoms with Crippen molar-refractivity contribution in [3.8, 4) is 11.8 Å². The summed E-state index contributed by atoms with van der Waals surface area (Å²) in [5.41, 5.74) is -0.497. The summed E-state index contributed by atoms with van der Waals surface area (Å²) in [6, 6.07) is 4.23. The van der Waals surface area contributed by atoms with E-state index in [0.717, 1.165) is 33.1 Å². The molecule has 46 heavy (non-hydrogen) atoms. The second-order valence-electron chi connectivity index (χ2n) is 10.5. The third-order valence-corrected chi connectivity index (χ3v) is 7.55. The number of pyridine rings is 1. The van der Waals surface area contributed by atoms with E-state index in [2.05, 4.69) is 29.8 Å². The van der Waals surface area contributed by atoms with Gasteiger partial charge in [0.05, 0.1) is 63.4 Å². The fourth-order valence-corrected chi connectivity index (χ4v) is 5.14. The van der Waals surface area contributed by atoms with Crippen molar-refractivity contribution in [2.45, 2.75) is 32.7 Å². The lowest BCUT2D eigenvalue weighted by molar-refractivity contribution is -0.155. The molecule has 244 valence electrons. The van der Waals surface area contributed by atoms with Crippen LogP contribution < -0.4 is 19.8 Å². The number of benzene rings is 1. The van der Waals surface area contributed by atoms with Crippen molar-refractivity contribution in [2.75, 3.05) is 58.5 Å². The lowest BCUT2D eigenvalue weighted by Crippen LogP contribution is -2.44. The molecule has 0 N–H and O–H groups in total. The van der Waals surface area contributed by atoms with Crippen LogP contribution in [0.15, 0.2) is 39.5 Å². The van der Waals surface area contributed by atoms with Crippen LogP contribution in [0, 0.1) is 11.7 Å². The zero-order chi connectivity index (χ0) is 33.0. The Morgan fingerprint density at radius 1 is 0.957 bits per heavy atom. The van der Waals surface area contributed by atoms with Crippen LogP contribution >= 0.6 is 0 Å². The van der Waals surface area contributed by atoms with E-state index < -0.39 is 40.4 Å². The Morgan fingerprint density at radius 2 is 1.57 bits per heavy atom. The van der Waals surface area contributed by atoms with E-state index in [1.54, 1.807) is 21.7 Å². The van der Waals surface area contributed by atoms with Crippen LogP contribution in [0.1, 0.15) is 43.1 Å². The monoisotopic (exact) mass is 639 g/mol. The van der Waals surface area contributed by atoms with Gasteiger partial charge in [-0.15, -0.1) is 0 Å². The molecule has 0 bridgehead atoms. The number of methoxy groups -OCH3 is 2. The van der Waals surface area contributed by atoms with Gasteiger partial charge in [0, 0.05) is 30.7 Å².